The molecule has 0 aliphatic rings. The molecule has 0 fully saturated rings. The van der Waals surface area contributed by atoms with Gasteiger partial charge in [-0.2, -0.15) is 5.10 Å². The Morgan fingerprint density at radius 2 is 2.28 bits per heavy atom. The van der Waals surface area contributed by atoms with Crippen LogP contribution < -0.4 is 16.2 Å². The minimum absolute atomic E-state index is 0.155. The first-order valence-corrected chi connectivity index (χ1v) is 6.32. The Hall–Kier alpha value is -1.11. The molecule has 102 valence electrons. The SMILES string of the molecule is CCn1ncc(NCCNCC(C)O)c(Cl)c1=O. The average molecular weight is 275 g/mol. The van der Waals surface area contributed by atoms with Crippen LogP contribution in [0.15, 0.2) is 11.0 Å². The molecule has 0 amide bonds. The van der Waals surface area contributed by atoms with Crippen molar-refractivity contribution in [3.8, 4) is 0 Å². The van der Waals surface area contributed by atoms with Gasteiger partial charge in [0.25, 0.3) is 5.56 Å². The molecule has 0 spiro atoms. The molecule has 0 aliphatic heterocycles. The number of nitrogens with zero attached hydrogens (tertiary/aromatic N) is 2. The first kappa shape index (κ1) is 14.9. The van der Waals surface area contributed by atoms with Crippen LogP contribution in [0.1, 0.15) is 13.8 Å². The van der Waals surface area contributed by atoms with E-state index in [-0.39, 0.29) is 16.7 Å². The third kappa shape index (κ3) is 4.29. The van der Waals surface area contributed by atoms with E-state index in [0.717, 1.165) is 0 Å². The Morgan fingerprint density at radius 3 is 2.89 bits per heavy atom. The fraction of sp³-hybridized carbons (Fsp3) is 0.636. The lowest BCUT2D eigenvalue weighted by atomic mass is 10.4. The number of aliphatic hydroxyl groups is 1. The topological polar surface area (TPSA) is 79.2 Å². The van der Waals surface area contributed by atoms with Crippen molar-refractivity contribution in [2.45, 2.75) is 26.5 Å². The van der Waals surface area contributed by atoms with Crippen molar-refractivity contribution in [1.82, 2.24) is 15.1 Å². The van der Waals surface area contributed by atoms with Gasteiger partial charge < -0.3 is 15.7 Å². The number of aromatic nitrogens is 2. The molecule has 1 atom stereocenters. The van der Waals surface area contributed by atoms with Crippen LogP contribution in [-0.4, -0.2) is 40.6 Å². The maximum Gasteiger partial charge on any atom is 0.287 e. The third-order valence-electron chi connectivity index (χ3n) is 2.34. The highest BCUT2D eigenvalue weighted by atomic mass is 35.5. The molecule has 18 heavy (non-hydrogen) atoms. The summed E-state index contributed by atoms with van der Waals surface area (Å²) in [5.74, 6) is 0. The van der Waals surface area contributed by atoms with E-state index < -0.39 is 0 Å². The number of hydrogen-bond donors (Lipinski definition) is 3. The summed E-state index contributed by atoms with van der Waals surface area (Å²) < 4.78 is 1.30. The molecule has 7 heteroatoms. The number of aliphatic hydroxyl groups excluding tert-OH is 1. The Bertz CT molecular complexity index is 434. The summed E-state index contributed by atoms with van der Waals surface area (Å²) in [6.45, 7) is 5.84. The summed E-state index contributed by atoms with van der Waals surface area (Å²) in [5.41, 5.74) is 0.242. The molecule has 0 aromatic carbocycles. The quantitative estimate of drug-likeness (QED) is 0.623. The van der Waals surface area contributed by atoms with E-state index in [1.54, 1.807) is 13.1 Å². The second-order valence-electron chi connectivity index (χ2n) is 3.97. The predicted octanol–water partition coefficient (Wildman–Crippen LogP) is 0.299. The van der Waals surface area contributed by atoms with Crippen LogP contribution in [0.5, 0.6) is 0 Å². The zero-order valence-corrected chi connectivity index (χ0v) is 11.4. The minimum atomic E-state index is -0.372. The number of anilines is 1. The van der Waals surface area contributed by atoms with Gasteiger partial charge in [0.15, 0.2) is 0 Å². The summed E-state index contributed by atoms with van der Waals surface area (Å²) in [6, 6.07) is 0. The molecule has 0 bridgehead atoms. The summed E-state index contributed by atoms with van der Waals surface area (Å²) in [6.07, 6.45) is 1.17. The zero-order chi connectivity index (χ0) is 13.5. The van der Waals surface area contributed by atoms with Crippen molar-refractivity contribution in [2.24, 2.45) is 0 Å². The van der Waals surface area contributed by atoms with Gasteiger partial charge in [-0.15, -0.1) is 0 Å². The van der Waals surface area contributed by atoms with Crippen LogP contribution >= 0.6 is 11.6 Å². The van der Waals surface area contributed by atoms with Crippen molar-refractivity contribution in [3.63, 3.8) is 0 Å². The average Bonchev–Trinajstić information content (AvgIpc) is 2.33. The molecule has 0 saturated carbocycles. The molecule has 0 saturated heterocycles. The first-order valence-electron chi connectivity index (χ1n) is 5.94. The number of hydrogen-bond acceptors (Lipinski definition) is 5. The van der Waals surface area contributed by atoms with Gasteiger partial charge in [-0.25, -0.2) is 4.68 Å². The summed E-state index contributed by atoms with van der Waals surface area (Å²) in [7, 11) is 0. The van der Waals surface area contributed by atoms with Gasteiger partial charge >= 0.3 is 0 Å². The molecule has 0 aliphatic carbocycles. The molecule has 1 aromatic heterocycles. The Kier molecular flexibility index (Phi) is 6.11. The predicted molar refractivity (Wildman–Crippen MR) is 72.2 cm³/mol. The van der Waals surface area contributed by atoms with Crippen molar-refractivity contribution in [3.05, 3.63) is 21.6 Å². The smallest absolute Gasteiger partial charge is 0.287 e. The van der Waals surface area contributed by atoms with Crippen molar-refractivity contribution in [2.75, 3.05) is 25.0 Å². The number of halogens is 1. The Balaban J connectivity index is 2.48. The highest BCUT2D eigenvalue weighted by Crippen LogP contribution is 2.14. The molecule has 6 nitrogen and oxygen atoms in total. The molecule has 1 aromatic rings. The molecular weight excluding hydrogens is 256 g/mol. The van der Waals surface area contributed by atoms with Crippen molar-refractivity contribution in [1.29, 1.82) is 0 Å². The second kappa shape index (κ2) is 7.35. The lowest BCUT2D eigenvalue weighted by Crippen LogP contribution is -2.29. The molecule has 1 unspecified atom stereocenters. The largest absolute Gasteiger partial charge is 0.392 e. The zero-order valence-electron chi connectivity index (χ0n) is 10.6. The molecule has 1 heterocycles. The maximum atomic E-state index is 11.7. The lowest BCUT2D eigenvalue weighted by Gasteiger charge is -2.10. The standard InChI is InChI=1S/C11H19ClN4O2/c1-3-16-11(18)10(12)9(7-15-16)14-5-4-13-6-8(2)17/h7-8,13-14,17H,3-6H2,1-2H3. The van der Waals surface area contributed by atoms with Gasteiger partial charge in [-0.1, -0.05) is 11.6 Å². The lowest BCUT2D eigenvalue weighted by molar-refractivity contribution is 0.192. The molecular formula is C11H19ClN4O2. The van der Waals surface area contributed by atoms with Crippen LogP contribution in [0.4, 0.5) is 5.69 Å². The van der Waals surface area contributed by atoms with E-state index in [4.69, 9.17) is 16.7 Å². The maximum absolute atomic E-state index is 11.7. The second-order valence-corrected chi connectivity index (χ2v) is 4.35. The fourth-order valence-corrected chi connectivity index (χ4v) is 1.62. The van der Waals surface area contributed by atoms with Gasteiger partial charge in [0.1, 0.15) is 5.02 Å². The van der Waals surface area contributed by atoms with E-state index in [1.807, 2.05) is 6.92 Å². The van der Waals surface area contributed by atoms with Gasteiger partial charge in [0.2, 0.25) is 0 Å². The minimum Gasteiger partial charge on any atom is -0.392 e. The van der Waals surface area contributed by atoms with Crippen molar-refractivity contribution < 1.29 is 5.11 Å². The number of aryl methyl sites for hydroxylation is 1. The normalized spacial score (nSPS) is 12.4. The van der Waals surface area contributed by atoms with Gasteiger partial charge in [0.05, 0.1) is 18.0 Å². The highest BCUT2D eigenvalue weighted by Gasteiger charge is 2.07. The summed E-state index contributed by atoms with van der Waals surface area (Å²) in [4.78, 5) is 11.7. The third-order valence-corrected chi connectivity index (χ3v) is 2.71. The first-order chi connectivity index (χ1) is 8.56. The van der Waals surface area contributed by atoms with Gasteiger partial charge in [-0.05, 0) is 13.8 Å². The van der Waals surface area contributed by atoms with Crippen LogP contribution in [0, 0.1) is 0 Å². The molecule has 0 radical (unpaired) electrons. The monoisotopic (exact) mass is 274 g/mol. The van der Waals surface area contributed by atoms with Gasteiger partial charge in [0, 0.05) is 26.2 Å². The molecule has 1 rings (SSSR count). The van der Waals surface area contributed by atoms with Crippen LogP contribution in [0.2, 0.25) is 5.02 Å². The van der Waals surface area contributed by atoms with E-state index in [0.29, 0.717) is 31.9 Å². The fourth-order valence-electron chi connectivity index (χ4n) is 1.41. The molecule has 3 N–H and O–H groups in total. The van der Waals surface area contributed by atoms with Crippen molar-refractivity contribution >= 4 is 17.3 Å². The van der Waals surface area contributed by atoms with Crippen LogP contribution in [-0.2, 0) is 6.54 Å². The summed E-state index contributed by atoms with van der Waals surface area (Å²) >= 11 is 5.94. The number of rotatable bonds is 7. The van der Waals surface area contributed by atoms with E-state index >= 15 is 0 Å². The highest BCUT2D eigenvalue weighted by molar-refractivity contribution is 6.32. The van der Waals surface area contributed by atoms with Gasteiger partial charge in [-0.3, -0.25) is 4.79 Å². The van der Waals surface area contributed by atoms with E-state index in [9.17, 15) is 4.79 Å². The Morgan fingerprint density at radius 1 is 1.56 bits per heavy atom. The van der Waals surface area contributed by atoms with Crippen LogP contribution in [0.25, 0.3) is 0 Å². The summed E-state index contributed by atoms with van der Waals surface area (Å²) in [5, 5.41) is 19.3. The van der Waals surface area contributed by atoms with E-state index in [1.165, 1.54) is 4.68 Å². The number of nitrogens with one attached hydrogen (secondary N) is 2. The Labute approximate surface area is 111 Å². The van der Waals surface area contributed by atoms with Crippen LogP contribution in [0.3, 0.4) is 0 Å². The van der Waals surface area contributed by atoms with E-state index in [2.05, 4.69) is 15.7 Å².